The summed E-state index contributed by atoms with van der Waals surface area (Å²) in [6.07, 6.45) is 2.43. The molecule has 1 aromatic rings. The molecule has 1 heterocycles. The van der Waals surface area contributed by atoms with Crippen molar-refractivity contribution in [2.24, 2.45) is 0 Å². The summed E-state index contributed by atoms with van der Waals surface area (Å²) >= 11 is 0. The van der Waals surface area contributed by atoms with Crippen LogP contribution in [-0.4, -0.2) is 47.6 Å². The molecular weight excluding hydrogens is 248 g/mol. The molecule has 1 fully saturated rings. The van der Waals surface area contributed by atoms with Gasteiger partial charge in [-0.25, -0.2) is 4.79 Å². The van der Waals surface area contributed by atoms with E-state index in [4.69, 9.17) is 9.52 Å². The molecule has 0 radical (unpaired) electrons. The van der Waals surface area contributed by atoms with Crippen molar-refractivity contribution in [3.05, 3.63) is 23.7 Å². The molecule has 1 aliphatic rings. The van der Waals surface area contributed by atoms with Crippen LogP contribution in [0.2, 0.25) is 0 Å². The van der Waals surface area contributed by atoms with Crippen molar-refractivity contribution in [2.45, 2.75) is 31.8 Å². The summed E-state index contributed by atoms with van der Waals surface area (Å²) in [4.78, 5) is 24.7. The molecule has 1 aliphatic carbocycles. The van der Waals surface area contributed by atoms with Gasteiger partial charge in [-0.05, 0) is 38.9 Å². The standard InChI is InChI=1S/C13H18N2O4/c1-8(15(2)9-3-4-9)7-14-12(16)10-5-6-11(19-10)13(17)18/h5-6,8-9H,3-4,7H2,1-2H3,(H,14,16)(H,17,18). The van der Waals surface area contributed by atoms with Crippen molar-refractivity contribution in [1.29, 1.82) is 0 Å². The lowest BCUT2D eigenvalue weighted by atomic mass is 10.3. The molecule has 2 rings (SSSR count). The predicted octanol–water partition coefficient (Wildman–Crippen LogP) is 1.19. The van der Waals surface area contributed by atoms with Crippen molar-refractivity contribution < 1.29 is 19.1 Å². The number of hydrogen-bond acceptors (Lipinski definition) is 4. The molecule has 0 bridgehead atoms. The summed E-state index contributed by atoms with van der Waals surface area (Å²) in [6, 6.07) is 3.52. The third-order valence-corrected chi connectivity index (χ3v) is 3.42. The monoisotopic (exact) mass is 266 g/mol. The van der Waals surface area contributed by atoms with E-state index >= 15 is 0 Å². The third kappa shape index (κ3) is 3.35. The average molecular weight is 266 g/mol. The van der Waals surface area contributed by atoms with E-state index in [0.29, 0.717) is 12.6 Å². The second kappa shape index (κ2) is 5.44. The lowest BCUT2D eigenvalue weighted by Gasteiger charge is -2.24. The zero-order valence-electron chi connectivity index (χ0n) is 11.0. The number of carboxylic acid groups (broad SMARTS) is 1. The first-order valence-corrected chi connectivity index (χ1v) is 6.32. The zero-order chi connectivity index (χ0) is 14.0. The molecule has 1 unspecified atom stereocenters. The number of hydrogen-bond donors (Lipinski definition) is 2. The van der Waals surface area contributed by atoms with E-state index in [0.717, 1.165) is 0 Å². The van der Waals surface area contributed by atoms with Gasteiger partial charge in [-0.3, -0.25) is 9.69 Å². The van der Waals surface area contributed by atoms with Gasteiger partial charge < -0.3 is 14.8 Å². The molecule has 1 saturated carbocycles. The first-order chi connectivity index (χ1) is 8.99. The Morgan fingerprint density at radius 1 is 1.47 bits per heavy atom. The number of carboxylic acids is 1. The van der Waals surface area contributed by atoms with E-state index < -0.39 is 5.97 Å². The molecule has 0 saturated heterocycles. The van der Waals surface area contributed by atoms with E-state index in [9.17, 15) is 9.59 Å². The fourth-order valence-corrected chi connectivity index (χ4v) is 1.89. The van der Waals surface area contributed by atoms with Crippen molar-refractivity contribution in [1.82, 2.24) is 10.2 Å². The van der Waals surface area contributed by atoms with Gasteiger partial charge in [0.1, 0.15) is 0 Å². The molecule has 104 valence electrons. The first-order valence-electron chi connectivity index (χ1n) is 6.32. The van der Waals surface area contributed by atoms with Crippen LogP contribution in [-0.2, 0) is 0 Å². The highest BCUT2D eigenvalue weighted by atomic mass is 16.4. The predicted molar refractivity (Wildman–Crippen MR) is 68.2 cm³/mol. The Bertz CT molecular complexity index is 479. The Morgan fingerprint density at radius 3 is 2.63 bits per heavy atom. The van der Waals surface area contributed by atoms with Gasteiger partial charge in [0.2, 0.25) is 5.76 Å². The van der Waals surface area contributed by atoms with Gasteiger partial charge in [0.05, 0.1) is 0 Å². The molecule has 1 aromatic heterocycles. The van der Waals surface area contributed by atoms with Crippen LogP contribution >= 0.6 is 0 Å². The minimum atomic E-state index is -1.18. The van der Waals surface area contributed by atoms with Crippen molar-refractivity contribution in [2.75, 3.05) is 13.6 Å². The number of likely N-dealkylation sites (N-methyl/N-ethyl adjacent to an activating group) is 1. The van der Waals surface area contributed by atoms with Crippen LogP contribution in [0.5, 0.6) is 0 Å². The number of aromatic carboxylic acids is 1. The van der Waals surface area contributed by atoms with Crippen molar-refractivity contribution >= 4 is 11.9 Å². The number of rotatable bonds is 6. The summed E-state index contributed by atoms with van der Waals surface area (Å²) in [5.41, 5.74) is 0. The maximum absolute atomic E-state index is 11.8. The lowest BCUT2D eigenvalue weighted by Crippen LogP contribution is -2.41. The number of nitrogens with one attached hydrogen (secondary N) is 1. The highest BCUT2D eigenvalue weighted by Gasteiger charge is 2.29. The van der Waals surface area contributed by atoms with E-state index in [1.165, 1.54) is 25.0 Å². The number of nitrogens with zero attached hydrogens (tertiary/aromatic N) is 1. The Morgan fingerprint density at radius 2 is 2.11 bits per heavy atom. The summed E-state index contributed by atoms with van der Waals surface area (Å²) in [7, 11) is 2.05. The molecule has 6 nitrogen and oxygen atoms in total. The van der Waals surface area contributed by atoms with E-state index in [1.54, 1.807) is 0 Å². The van der Waals surface area contributed by atoms with Crippen molar-refractivity contribution in [3.8, 4) is 0 Å². The Balaban J connectivity index is 1.84. The van der Waals surface area contributed by atoms with E-state index in [1.807, 2.05) is 14.0 Å². The molecular formula is C13H18N2O4. The van der Waals surface area contributed by atoms with Gasteiger partial charge in [0.15, 0.2) is 5.76 Å². The van der Waals surface area contributed by atoms with Crippen LogP contribution in [0.1, 0.15) is 40.9 Å². The normalized spacial score (nSPS) is 16.4. The lowest BCUT2D eigenvalue weighted by molar-refractivity contribution is 0.0659. The van der Waals surface area contributed by atoms with Gasteiger partial charge in [0.25, 0.3) is 5.91 Å². The van der Waals surface area contributed by atoms with E-state index in [-0.39, 0.29) is 23.5 Å². The van der Waals surface area contributed by atoms with Crippen LogP contribution in [0.15, 0.2) is 16.5 Å². The Labute approximate surface area is 111 Å². The molecule has 0 aliphatic heterocycles. The Hall–Kier alpha value is -1.82. The SMILES string of the molecule is CC(CNC(=O)c1ccc(C(=O)O)o1)N(C)C1CC1. The van der Waals surface area contributed by atoms with Gasteiger partial charge in [-0.1, -0.05) is 0 Å². The largest absolute Gasteiger partial charge is 0.475 e. The number of carbonyl (C=O) groups excluding carboxylic acids is 1. The molecule has 6 heteroatoms. The average Bonchev–Trinajstić information content (AvgIpc) is 3.10. The second-order valence-corrected chi connectivity index (χ2v) is 4.92. The quantitative estimate of drug-likeness (QED) is 0.808. The van der Waals surface area contributed by atoms with Crippen LogP contribution in [0.4, 0.5) is 0 Å². The molecule has 0 spiro atoms. The van der Waals surface area contributed by atoms with Gasteiger partial charge in [-0.2, -0.15) is 0 Å². The van der Waals surface area contributed by atoms with Crippen LogP contribution in [0.25, 0.3) is 0 Å². The maximum Gasteiger partial charge on any atom is 0.371 e. The smallest absolute Gasteiger partial charge is 0.371 e. The third-order valence-electron chi connectivity index (χ3n) is 3.42. The van der Waals surface area contributed by atoms with Crippen LogP contribution in [0, 0.1) is 0 Å². The molecule has 1 amide bonds. The zero-order valence-corrected chi connectivity index (χ0v) is 11.0. The Kier molecular flexibility index (Phi) is 3.90. The number of carbonyl (C=O) groups is 2. The molecule has 2 N–H and O–H groups in total. The topological polar surface area (TPSA) is 82.8 Å². The van der Waals surface area contributed by atoms with Crippen LogP contribution in [0.3, 0.4) is 0 Å². The molecule has 0 aromatic carbocycles. The fraction of sp³-hybridized carbons (Fsp3) is 0.538. The highest BCUT2D eigenvalue weighted by Crippen LogP contribution is 2.26. The fourth-order valence-electron chi connectivity index (χ4n) is 1.89. The van der Waals surface area contributed by atoms with Crippen LogP contribution < -0.4 is 5.32 Å². The highest BCUT2D eigenvalue weighted by molar-refractivity contribution is 5.93. The van der Waals surface area contributed by atoms with Gasteiger partial charge >= 0.3 is 5.97 Å². The summed E-state index contributed by atoms with van der Waals surface area (Å²) < 4.78 is 4.93. The minimum Gasteiger partial charge on any atom is -0.475 e. The van der Waals surface area contributed by atoms with Gasteiger partial charge in [-0.15, -0.1) is 0 Å². The summed E-state index contributed by atoms with van der Waals surface area (Å²) in [5, 5.41) is 11.5. The molecule has 19 heavy (non-hydrogen) atoms. The summed E-state index contributed by atoms with van der Waals surface area (Å²) in [6.45, 7) is 2.55. The maximum atomic E-state index is 11.8. The van der Waals surface area contributed by atoms with Gasteiger partial charge in [0, 0.05) is 18.6 Å². The molecule has 1 atom stereocenters. The number of furan rings is 1. The summed E-state index contributed by atoms with van der Waals surface area (Å²) in [5.74, 6) is -1.77. The number of amides is 1. The second-order valence-electron chi connectivity index (χ2n) is 4.92. The first kappa shape index (κ1) is 13.6. The van der Waals surface area contributed by atoms with E-state index in [2.05, 4.69) is 10.2 Å². The minimum absolute atomic E-state index is 0.0266. The van der Waals surface area contributed by atoms with Crippen molar-refractivity contribution in [3.63, 3.8) is 0 Å².